The molecule has 1 atom stereocenters. The molecular formula is C17H27NO2. The van der Waals surface area contributed by atoms with E-state index in [0.717, 1.165) is 30.6 Å². The first-order valence-electron chi connectivity index (χ1n) is 7.81. The summed E-state index contributed by atoms with van der Waals surface area (Å²) in [5, 5.41) is 19.6. The summed E-state index contributed by atoms with van der Waals surface area (Å²) in [5.41, 5.74) is 2.18. The van der Waals surface area contributed by atoms with Gasteiger partial charge in [0.2, 0.25) is 0 Å². The van der Waals surface area contributed by atoms with Gasteiger partial charge in [0.25, 0.3) is 0 Å². The number of rotatable bonds is 7. The molecule has 0 amide bonds. The van der Waals surface area contributed by atoms with E-state index in [4.69, 9.17) is 0 Å². The lowest BCUT2D eigenvalue weighted by Gasteiger charge is -2.29. The SMILES string of the molecule is Cc1ccccc1C(O)CCN(CCO)C1CCCC1. The van der Waals surface area contributed by atoms with E-state index in [0.29, 0.717) is 6.04 Å². The fourth-order valence-corrected chi connectivity index (χ4v) is 3.28. The third kappa shape index (κ3) is 4.05. The lowest BCUT2D eigenvalue weighted by Crippen LogP contribution is -2.37. The Labute approximate surface area is 122 Å². The molecular weight excluding hydrogens is 250 g/mol. The van der Waals surface area contributed by atoms with Crippen LogP contribution >= 0.6 is 0 Å². The molecule has 0 saturated heterocycles. The number of nitrogens with zero attached hydrogens (tertiary/aromatic N) is 1. The average molecular weight is 277 g/mol. The number of aliphatic hydroxyl groups is 2. The molecule has 1 unspecified atom stereocenters. The minimum absolute atomic E-state index is 0.205. The van der Waals surface area contributed by atoms with Crippen molar-refractivity contribution in [1.29, 1.82) is 0 Å². The first kappa shape index (κ1) is 15.5. The highest BCUT2D eigenvalue weighted by Gasteiger charge is 2.22. The van der Waals surface area contributed by atoms with Gasteiger partial charge in [-0.25, -0.2) is 0 Å². The number of aryl methyl sites for hydroxylation is 1. The molecule has 1 aromatic rings. The molecule has 0 radical (unpaired) electrons. The summed E-state index contributed by atoms with van der Waals surface area (Å²) in [7, 11) is 0. The van der Waals surface area contributed by atoms with Crippen LogP contribution in [0.5, 0.6) is 0 Å². The smallest absolute Gasteiger partial charge is 0.0804 e. The Kier molecular flexibility index (Phi) is 6.02. The Morgan fingerprint density at radius 2 is 1.90 bits per heavy atom. The summed E-state index contributed by atoms with van der Waals surface area (Å²) in [5.74, 6) is 0. The van der Waals surface area contributed by atoms with E-state index in [1.165, 1.54) is 25.7 Å². The summed E-state index contributed by atoms with van der Waals surface area (Å²) in [6.07, 6.45) is 5.40. The van der Waals surface area contributed by atoms with Crippen LogP contribution in [-0.4, -0.2) is 40.9 Å². The molecule has 112 valence electrons. The third-order valence-corrected chi connectivity index (χ3v) is 4.47. The fourth-order valence-electron chi connectivity index (χ4n) is 3.28. The molecule has 3 nitrogen and oxygen atoms in total. The van der Waals surface area contributed by atoms with Gasteiger partial charge in [-0.3, -0.25) is 4.90 Å². The second-order valence-corrected chi connectivity index (χ2v) is 5.86. The van der Waals surface area contributed by atoms with Crippen molar-refractivity contribution in [2.24, 2.45) is 0 Å². The van der Waals surface area contributed by atoms with Crippen molar-refractivity contribution < 1.29 is 10.2 Å². The maximum absolute atomic E-state index is 10.4. The zero-order valence-electron chi connectivity index (χ0n) is 12.5. The lowest BCUT2D eigenvalue weighted by atomic mass is 10.0. The minimum atomic E-state index is -0.404. The Morgan fingerprint density at radius 3 is 2.55 bits per heavy atom. The van der Waals surface area contributed by atoms with E-state index in [9.17, 15) is 10.2 Å². The molecule has 2 rings (SSSR count). The van der Waals surface area contributed by atoms with Gasteiger partial charge in [0.15, 0.2) is 0 Å². The third-order valence-electron chi connectivity index (χ3n) is 4.47. The first-order valence-corrected chi connectivity index (χ1v) is 7.81. The van der Waals surface area contributed by atoms with E-state index >= 15 is 0 Å². The molecule has 1 aromatic carbocycles. The second-order valence-electron chi connectivity index (χ2n) is 5.86. The minimum Gasteiger partial charge on any atom is -0.395 e. The van der Waals surface area contributed by atoms with Gasteiger partial charge in [-0.2, -0.15) is 0 Å². The monoisotopic (exact) mass is 277 g/mol. The van der Waals surface area contributed by atoms with E-state index < -0.39 is 6.10 Å². The Balaban J connectivity index is 1.89. The van der Waals surface area contributed by atoms with Crippen LogP contribution < -0.4 is 0 Å². The molecule has 0 heterocycles. The predicted octanol–water partition coefficient (Wildman–Crippen LogP) is 2.66. The van der Waals surface area contributed by atoms with Gasteiger partial charge in [0.05, 0.1) is 12.7 Å². The highest BCUT2D eigenvalue weighted by atomic mass is 16.3. The van der Waals surface area contributed by atoms with Crippen molar-refractivity contribution in [1.82, 2.24) is 4.90 Å². The van der Waals surface area contributed by atoms with Gasteiger partial charge < -0.3 is 10.2 Å². The maximum Gasteiger partial charge on any atom is 0.0804 e. The Morgan fingerprint density at radius 1 is 1.20 bits per heavy atom. The maximum atomic E-state index is 10.4. The van der Waals surface area contributed by atoms with Crippen molar-refractivity contribution >= 4 is 0 Å². The topological polar surface area (TPSA) is 43.7 Å². The molecule has 1 aliphatic carbocycles. The van der Waals surface area contributed by atoms with Gasteiger partial charge in [0.1, 0.15) is 0 Å². The highest BCUT2D eigenvalue weighted by molar-refractivity contribution is 5.27. The summed E-state index contributed by atoms with van der Waals surface area (Å²) in [4.78, 5) is 2.36. The van der Waals surface area contributed by atoms with Gasteiger partial charge in [0, 0.05) is 19.1 Å². The second kappa shape index (κ2) is 7.77. The van der Waals surface area contributed by atoms with E-state index in [-0.39, 0.29) is 6.61 Å². The molecule has 1 aliphatic rings. The van der Waals surface area contributed by atoms with Gasteiger partial charge >= 0.3 is 0 Å². The number of benzene rings is 1. The van der Waals surface area contributed by atoms with Crippen molar-refractivity contribution in [3.63, 3.8) is 0 Å². The molecule has 20 heavy (non-hydrogen) atoms. The Hall–Kier alpha value is -0.900. The molecule has 0 bridgehead atoms. The summed E-state index contributed by atoms with van der Waals surface area (Å²) >= 11 is 0. The standard InChI is InChI=1S/C17H27NO2/c1-14-6-2-5-9-16(14)17(20)10-11-18(12-13-19)15-7-3-4-8-15/h2,5-6,9,15,17,19-20H,3-4,7-8,10-13H2,1H3. The zero-order chi connectivity index (χ0) is 14.4. The molecule has 1 fully saturated rings. The van der Waals surface area contributed by atoms with E-state index in [2.05, 4.69) is 4.90 Å². The quantitative estimate of drug-likeness (QED) is 0.805. The van der Waals surface area contributed by atoms with Crippen LogP contribution in [0, 0.1) is 6.92 Å². The van der Waals surface area contributed by atoms with E-state index in [1.54, 1.807) is 0 Å². The summed E-state index contributed by atoms with van der Waals surface area (Å²) in [6, 6.07) is 8.63. The first-order chi connectivity index (χ1) is 9.72. The number of aliphatic hydroxyl groups excluding tert-OH is 2. The lowest BCUT2D eigenvalue weighted by molar-refractivity contribution is 0.108. The van der Waals surface area contributed by atoms with Crippen LogP contribution in [-0.2, 0) is 0 Å². The van der Waals surface area contributed by atoms with Crippen LogP contribution in [0.4, 0.5) is 0 Å². The summed E-state index contributed by atoms with van der Waals surface area (Å²) in [6.45, 7) is 3.84. The van der Waals surface area contributed by atoms with Crippen molar-refractivity contribution in [3.05, 3.63) is 35.4 Å². The van der Waals surface area contributed by atoms with Gasteiger partial charge in [-0.05, 0) is 37.3 Å². The molecule has 0 spiro atoms. The van der Waals surface area contributed by atoms with Crippen LogP contribution in [0.3, 0.4) is 0 Å². The number of hydrogen-bond donors (Lipinski definition) is 2. The Bertz CT molecular complexity index is 402. The van der Waals surface area contributed by atoms with Gasteiger partial charge in [-0.1, -0.05) is 37.1 Å². The van der Waals surface area contributed by atoms with Gasteiger partial charge in [-0.15, -0.1) is 0 Å². The number of hydrogen-bond acceptors (Lipinski definition) is 3. The average Bonchev–Trinajstić information content (AvgIpc) is 2.97. The predicted molar refractivity (Wildman–Crippen MR) is 81.7 cm³/mol. The largest absolute Gasteiger partial charge is 0.395 e. The van der Waals surface area contributed by atoms with Crippen LogP contribution in [0.1, 0.15) is 49.3 Å². The normalized spacial score (nSPS) is 17.8. The molecule has 0 aromatic heterocycles. The molecule has 2 N–H and O–H groups in total. The molecule has 3 heteroatoms. The highest BCUT2D eigenvalue weighted by Crippen LogP contribution is 2.25. The van der Waals surface area contributed by atoms with Crippen molar-refractivity contribution in [2.75, 3.05) is 19.7 Å². The fraction of sp³-hybridized carbons (Fsp3) is 0.647. The molecule has 0 aliphatic heterocycles. The molecule has 1 saturated carbocycles. The van der Waals surface area contributed by atoms with Crippen LogP contribution in [0.2, 0.25) is 0 Å². The van der Waals surface area contributed by atoms with Crippen LogP contribution in [0.15, 0.2) is 24.3 Å². The van der Waals surface area contributed by atoms with E-state index in [1.807, 2.05) is 31.2 Å². The van der Waals surface area contributed by atoms with Crippen molar-refractivity contribution in [2.45, 2.75) is 51.2 Å². The zero-order valence-corrected chi connectivity index (χ0v) is 12.5. The summed E-state index contributed by atoms with van der Waals surface area (Å²) < 4.78 is 0. The van der Waals surface area contributed by atoms with Crippen LogP contribution in [0.25, 0.3) is 0 Å². The van der Waals surface area contributed by atoms with Crippen molar-refractivity contribution in [3.8, 4) is 0 Å².